The van der Waals surface area contributed by atoms with Gasteiger partial charge in [-0.1, -0.05) is 18.3 Å². The van der Waals surface area contributed by atoms with Crippen molar-refractivity contribution in [3.63, 3.8) is 0 Å². The zero-order valence-corrected chi connectivity index (χ0v) is 13.6. The van der Waals surface area contributed by atoms with E-state index in [-0.39, 0.29) is 0 Å². The van der Waals surface area contributed by atoms with E-state index in [4.69, 9.17) is 0 Å². The molecule has 0 fully saturated rings. The number of nitrogens with zero attached hydrogens (tertiary/aromatic N) is 2. The van der Waals surface area contributed by atoms with E-state index in [9.17, 15) is 0 Å². The average molecular weight is 312 g/mol. The summed E-state index contributed by atoms with van der Waals surface area (Å²) in [6, 6.07) is 2.61. The highest BCUT2D eigenvalue weighted by Gasteiger charge is 2.18. The molecule has 0 spiro atoms. The van der Waals surface area contributed by atoms with Gasteiger partial charge in [0.1, 0.15) is 5.01 Å². The molecule has 0 aliphatic carbocycles. The van der Waals surface area contributed by atoms with Gasteiger partial charge in [0.2, 0.25) is 0 Å². The number of aryl methyl sites for hydroxylation is 1. The molecule has 19 heavy (non-hydrogen) atoms. The van der Waals surface area contributed by atoms with Crippen molar-refractivity contribution in [3.8, 4) is 9.88 Å². The molecule has 6 heteroatoms. The van der Waals surface area contributed by atoms with Gasteiger partial charge < -0.3 is 5.32 Å². The van der Waals surface area contributed by atoms with Crippen LogP contribution in [0.15, 0.2) is 6.07 Å². The third kappa shape index (κ3) is 2.86. The van der Waals surface area contributed by atoms with Crippen molar-refractivity contribution in [3.05, 3.63) is 21.5 Å². The lowest BCUT2D eigenvalue weighted by atomic mass is 10.2. The van der Waals surface area contributed by atoms with Crippen LogP contribution in [0.5, 0.6) is 0 Å². The van der Waals surface area contributed by atoms with E-state index in [0.29, 0.717) is 6.04 Å². The smallest absolute Gasteiger partial charge is 0.157 e. The third-order valence-electron chi connectivity index (χ3n) is 3.16. The van der Waals surface area contributed by atoms with E-state index in [0.717, 1.165) is 22.3 Å². The highest BCUT2D eigenvalue weighted by Crippen LogP contribution is 2.38. The van der Waals surface area contributed by atoms with E-state index in [1.807, 2.05) is 23.1 Å². The Balaban J connectivity index is 1.84. The number of fused-ring (bicyclic) bond motifs is 1. The third-order valence-corrected chi connectivity index (χ3v) is 6.68. The fourth-order valence-electron chi connectivity index (χ4n) is 2.16. The first kappa shape index (κ1) is 13.5. The van der Waals surface area contributed by atoms with Crippen LogP contribution < -0.4 is 5.32 Å². The lowest BCUT2D eigenvalue weighted by Gasteiger charge is -2.08. The van der Waals surface area contributed by atoms with Crippen molar-refractivity contribution in [1.29, 1.82) is 0 Å². The van der Waals surface area contributed by atoms with Crippen molar-refractivity contribution >= 4 is 34.4 Å². The molecular weight excluding hydrogens is 294 g/mol. The number of thioether (sulfide) groups is 1. The maximum atomic E-state index is 4.37. The number of hydrogen-bond acceptors (Lipinski definition) is 6. The van der Waals surface area contributed by atoms with Crippen molar-refractivity contribution in [2.75, 3.05) is 12.3 Å². The number of nitrogens with one attached hydrogen (secondary N) is 1. The molecule has 1 N–H and O–H groups in total. The van der Waals surface area contributed by atoms with Gasteiger partial charge in [-0.15, -0.1) is 21.5 Å². The van der Waals surface area contributed by atoms with Gasteiger partial charge in [-0.25, -0.2) is 0 Å². The molecule has 2 aromatic rings. The van der Waals surface area contributed by atoms with Gasteiger partial charge in [0, 0.05) is 10.6 Å². The van der Waals surface area contributed by atoms with Crippen LogP contribution in [0, 0.1) is 0 Å². The van der Waals surface area contributed by atoms with Crippen molar-refractivity contribution < 1.29 is 0 Å². The molecule has 3 nitrogen and oxygen atoms in total. The number of hydrogen-bond donors (Lipinski definition) is 1. The van der Waals surface area contributed by atoms with E-state index >= 15 is 0 Å². The van der Waals surface area contributed by atoms with E-state index in [2.05, 4.69) is 35.4 Å². The molecule has 0 aromatic carbocycles. The number of rotatable bonds is 4. The van der Waals surface area contributed by atoms with Gasteiger partial charge in [-0.05, 0) is 37.3 Å². The van der Waals surface area contributed by atoms with Crippen molar-refractivity contribution in [2.45, 2.75) is 32.1 Å². The predicted octanol–water partition coefficient (Wildman–Crippen LogP) is 3.73. The zero-order chi connectivity index (χ0) is 13.2. The molecule has 3 rings (SSSR count). The minimum absolute atomic E-state index is 0.293. The van der Waals surface area contributed by atoms with E-state index in [1.165, 1.54) is 22.6 Å². The molecule has 1 aliphatic rings. The molecule has 3 heterocycles. The van der Waals surface area contributed by atoms with Crippen LogP contribution in [-0.4, -0.2) is 22.5 Å². The van der Waals surface area contributed by atoms with Crippen molar-refractivity contribution in [2.24, 2.45) is 0 Å². The van der Waals surface area contributed by atoms with Crippen LogP contribution in [0.1, 0.15) is 35.3 Å². The van der Waals surface area contributed by atoms with Crippen LogP contribution in [0.25, 0.3) is 9.88 Å². The summed E-state index contributed by atoms with van der Waals surface area (Å²) in [5, 5.41) is 14.2. The standard InChI is InChI=1S/C13H17N3S3/c1-3-14-8(2)12-15-16-13(19-12)11-6-9-7-17-5-4-10(9)18-11/h6,8,14H,3-5,7H2,1-2H3. The molecule has 0 radical (unpaired) electrons. The fraction of sp³-hybridized carbons (Fsp3) is 0.538. The lowest BCUT2D eigenvalue weighted by Crippen LogP contribution is -2.17. The SMILES string of the molecule is CCNC(C)c1nnc(-c2cc3c(s2)CCSC3)s1. The van der Waals surface area contributed by atoms with E-state index < -0.39 is 0 Å². The predicted molar refractivity (Wildman–Crippen MR) is 85.2 cm³/mol. The summed E-state index contributed by atoms with van der Waals surface area (Å²) >= 11 is 5.64. The first-order valence-electron chi connectivity index (χ1n) is 6.54. The van der Waals surface area contributed by atoms with Crippen LogP contribution in [-0.2, 0) is 12.2 Å². The summed E-state index contributed by atoms with van der Waals surface area (Å²) in [5.41, 5.74) is 1.51. The van der Waals surface area contributed by atoms with E-state index in [1.54, 1.807) is 16.2 Å². The maximum Gasteiger partial charge on any atom is 0.157 e. The quantitative estimate of drug-likeness (QED) is 0.934. The molecule has 102 valence electrons. The number of aromatic nitrogens is 2. The molecule has 1 atom stereocenters. The Labute approximate surface area is 125 Å². The van der Waals surface area contributed by atoms with Crippen LogP contribution >= 0.6 is 34.4 Å². The number of thiophene rings is 1. The molecule has 1 unspecified atom stereocenters. The summed E-state index contributed by atoms with van der Waals surface area (Å²) < 4.78 is 0. The summed E-state index contributed by atoms with van der Waals surface area (Å²) in [5.74, 6) is 2.41. The molecule has 0 saturated carbocycles. The lowest BCUT2D eigenvalue weighted by molar-refractivity contribution is 0.590. The van der Waals surface area contributed by atoms with Crippen molar-refractivity contribution in [1.82, 2.24) is 15.5 Å². The molecule has 0 amide bonds. The summed E-state index contributed by atoms with van der Waals surface area (Å²) in [6.07, 6.45) is 1.21. The van der Waals surface area contributed by atoms with Gasteiger partial charge >= 0.3 is 0 Å². The molecular formula is C13H17N3S3. The van der Waals surface area contributed by atoms with Crippen LogP contribution in [0.3, 0.4) is 0 Å². The zero-order valence-electron chi connectivity index (χ0n) is 11.1. The minimum atomic E-state index is 0.293. The molecule has 1 aliphatic heterocycles. The van der Waals surface area contributed by atoms with Crippen LogP contribution in [0.2, 0.25) is 0 Å². The second-order valence-electron chi connectivity index (χ2n) is 4.59. The maximum absolute atomic E-state index is 4.37. The molecule has 2 aromatic heterocycles. The Morgan fingerprint density at radius 2 is 2.26 bits per heavy atom. The first-order valence-corrected chi connectivity index (χ1v) is 9.33. The van der Waals surface area contributed by atoms with Gasteiger partial charge in [-0.2, -0.15) is 11.8 Å². The fourth-order valence-corrected chi connectivity index (χ4v) is 5.44. The Bertz CT molecular complexity index is 538. The van der Waals surface area contributed by atoms with Crippen LogP contribution in [0.4, 0.5) is 0 Å². The monoisotopic (exact) mass is 311 g/mol. The Hall–Kier alpha value is -0.430. The topological polar surface area (TPSA) is 37.8 Å². The second-order valence-corrected chi connectivity index (χ2v) is 7.84. The largest absolute Gasteiger partial charge is 0.308 e. The Morgan fingerprint density at radius 1 is 1.37 bits per heavy atom. The summed E-state index contributed by atoms with van der Waals surface area (Å²) in [4.78, 5) is 2.84. The first-order chi connectivity index (χ1) is 9.28. The van der Waals surface area contributed by atoms with Gasteiger partial charge in [-0.3, -0.25) is 0 Å². The molecule has 0 bridgehead atoms. The van der Waals surface area contributed by atoms with Gasteiger partial charge in [0.25, 0.3) is 0 Å². The summed E-state index contributed by atoms with van der Waals surface area (Å²) in [6.45, 7) is 5.22. The highest BCUT2D eigenvalue weighted by molar-refractivity contribution is 7.98. The highest BCUT2D eigenvalue weighted by atomic mass is 32.2. The molecule has 0 saturated heterocycles. The normalized spacial score (nSPS) is 16.3. The second kappa shape index (κ2) is 5.91. The minimum Gasteiger partial charge on any atom is -0.308 e. The van der Waals surface area contributed by atoms with Gasteiger partial charge in [0.05, 0.1) is 10.9 Å². The van der Waals surface area contributed by atoms with Gasteiger partial charge in [0.15, 0.2) is 5.01 Å². The average Bonchev–Trinajstić information content (AvgIpc) is 3.05. The Kier molecular flexibility index (Phi) is 4.21. The summed E-state index contributed by atoms with van der Waals surface area (Å²) in [7, 11) is 0. The Morgan fingerprint density at radius 3 is 3.05 bits per heavy atom.